The van der Waals surface area contributed by atoms with E-state index < -0.39 is 0 Å². The predicted molar refractivity (Wildman–Crippen MR) is 126 cm³/mol. The molecular weight excluding hydrogens is 420 g/mol. The Morgan fingerprint density at radius 1 is 1.16 bits per heavy atom. The van der Waals surface area contributed by atoms with Crippen molar-refractivity contribution >= 4 is 21.6 Å². The zero-order valence-electron chi connectivity index (χ0n) is 17.9. The second-order valence-electron chi connectivity index (χ2n) is 8.95. The van der Waals surface area contributed by atoms with Gasteiger partial charge in [-0.15, -0.1) is 11.3 Å². The van der Waals surface area contributed by atoms with Crippen molar-refractivity contribution in [3.8, 4) is 11.3 Å². The van der Waals surface area contributed by atoms with Crippen molar-refractivity contribution in [2.75, 3.05) is 0 Å². The van der Waals surface area contributed by atoms with E-state index in [0.29, 0.717) is 18.6 Å². The van der Waals surface area contributed by atoms with Crippen LogP contribution in [0.3, 0.4) is 0 Å². The molecule has 6 rings (SSSR count). The second kappa shape index (κ2) is 8.30. The molecule has 1 saturated carbocycles. The number of rotatable bonds is 5. The summed E-state index contributed by atoms with van der Waals surface area (Å²) in [6.45, 7) is 0.675. The Morgan fingerprint density at radius 2 is 2.00 bits per heavy atom. The summed E-state index contributed by atoms with van der Waals surface area (Å²) < 4.78 is 7.42. The summed E-state index contributed by atoms with van der Waals surface area (Å²) in [5.74, 6) is 0.794. The Morgan fingerprint density at radius 3 is 2.84 bits per heavy atom. The van der Waals surface area contributed by atoms with Crippen LogP contribution in [-0.2, 0) is 19.4 Å². The normalized spacial score (nSPS) is 18.9. The van der Waals surface area contributed by atoms with Gasteiger partial charge in [-0.05, 0) is 37.7 Å². The predicted octanol–water partition coefficient (Wildman–Crippen LogP) is 4.88. The topological polar surface area (TPSA) is 73.0 Å². The maximum absolute atomic E-state index is 13.3. The van der Waals surface area contributed by atoms with E-state index in [1.807, 2.05) is 41.0 Å². The van der Waals surface area contributed by atoms with E-state index in [-0.39, 0.29) is 5.56 Å². The second-order valence-corrected chi connectivity index (χ2v) is 10.0. The highest BCUT2D eigenvalue weighted by Gasteiger charge is 2.27. The van der Waals surface area contributed by atoms with Gasteiger partial charge in [0.1, 0.15) is 4.83 Å². The Kier molecular flexibility index (Phi) is 5.15. The van der Waals surface area contributed by atoms with Crippen LogP contribution in [0.2, 0.25) is 0 Å². The third kappa shape index (κ3) is 3.59. The van der Waals surface area contributed by atoms with E-state index in [4.69, 9.17) is 4.52 Å². The van der Waals surface area contributed by atoms with E-state index in [2.05, 4.69) is 15.5 Å². The van der Waals surface area contributed by atoms with Gasteiger partial charge in [-0.1, -0.05) is 48.3 Å². The molecule has 3 aromatic heterocycles. The highest BCUT2D eigenvalue weighted by atomic mass is 32.1. The lowest BCUT2D eigenvalue weighted by molar-refractivity contribution is 0.408. The Labute approximate surface area is 190 Å². The molecule has 0 aliphatic heterocycles. The molecule has 0 saturated heterocycles. The number of fused-ring (bicyclic) bond motifs is 3. The molecule has 1 unspecified atom stereocenters. The first-order chi connectivity index (χ1) is 15.8. The summed E-state index contributed by atoms with van der Waals surface area (Å²) in [7, 11) is 0. The zero-order chi connectivity index (χ0) is 21.5. The lowest BCUT2D eigenvalue weighted by Gasteiger charge is -2.23. The molecule has 0 bridgehead atoms. The van der Waals surface area contributed by atoms with E-state index >= 15 is 0 Å². The molecule has 3 heterocycles. The van der Waals surface area contributed by atoms with Crippen LogP contribution in [0.25, 0.3) is 21.5 Å². The van der Waals surface area contributed by atoms with E-state index in [1.165, 1.54) is 23.3 Å². The van der Waals surface area contributed by atoms with Crippen LogP contribution >= 0.6 is 11.3 Å². The maximum atomic E-state index is 13.3. The molecule has 6 nitrogen and oxygen atoms in total. The standard InChI is InChI=1S/C25H26N4O2S/c30-25-23-20-11-10-17(26-14-18-12-21(31-28-18)16-6-2-1-3-7-16)13-22(20)32-24(23)27-15-29(25)19-8-4-5-9-19/h1-3,6-7,12,15,17,19,26H,4-5,8-11,13-14H2. The summed E-state index contributed by atoms with van der Waals surface area (Å²) in [4.78, 5) is 20.1. The largest absolute Gasteiger partial charge is 0.356 e. The van der Waals surface area contributed by atoms with Gasteiger partial charge < -0.3 is 9.84 Å². The molecule has 164 valence electrons. The number of hydrogen-bond acceptors (Lipinski definition) is 6. The molecule has 1 fully saturated rings. The molecule has 7 heteroatoms. The Bertz CT molecular complexity index is 1300. The molecule has 0 amide bonds. The zero-order valence-corrected chi connectivity index (χ0v) is 18.7. The fourth-order valence-corrected chi connectivity index (χ4v) is 6.44. The molecule has 2 aliphatic carbocycles. The molecule has 4 aromatic rings. The summed E-state index contributed by atoms with van der Waals surface area (Å²) in [6.07, 6.45) is 9.27. The number of nitrogens with one attached hydrogen (secondary N) is 1. The number of thiophene rings is 1. The van der Waals surface area contributed by atoms with Gasteiger partial charge in [-0.25, -0.2) is 4.98 Å². The van der Waals surface area contributed by atoms with Crippen LogP contribution < -0.4 is 10.9 Å². The number of nitrogens with zero attached hydrogens (tertiary/aromatic N) is 3. The number of hydrogen-bond donors (Lipinski definition) is 1. The highest BCUT2D eigenvalue weighted by Crippen LogP contribution is 2.35. The average Bonchev–Trinajstić information content (AvgIpc) is 3.58. The minimum Gasteiger partial charge on any atom is -0.356 e. The first-order valence-electron chi connectivity index (χ1n) is 11.5. The van der Waals surface area contributed by atoms with Crippen molar-refractivity contribution in [3.05, 3.63) is 69.2 Å². The Balaban J connectivity index is 1.17. The monoisotopic (exact) mass is 446 g/mol. The summed E-state index contributed by atoms with van der Waals surface area (Å²) in [5.41, 5.74) is 3.35. The van der Waals surface area contributed by atoms with Crippen molar-refractivity contribution in [1.29, 1.82) is 0 Å². The van der Waals surface area contributed by atoms with Gasteiger partial charge in [0, 0.05) is 35.1 Å². The van der Waals surface area contributed by atoms with Crippen LogP contribution in [0.1, 0.15) is 54.3 Å². The fraction of sp³-hybridized carbons (Fsp3) is 0.400. The number of aromatic nitrogens is 3. The van der Waals surface area contributed by atoms with Gasteiger partial charge in [-0.2, -0.15) is 0 Å². The molecule has 32 heavy (non-hydrogen) atoms. The van der Waals surface area contributed by atoms with Crippen LogP contribution in [0.5, 0.6) is 0 Å². The first kappa shape index (κ1) is 19.9. The van der Waals surface area contributed by atoms with Gasteiger partial charge >= 0.3 is 0 Å². The van der Waals surface area contributed by atoms with Gasteiger partial charge in [0.2, 0.25) is 0 Å². The Hall–Kier alpha value is -2.77. The highest BCUT2D eigenvalue weighted by molar-refractivity contribution is 7.18. The van der Waals surface area contributed by atoms with Gasteiger partial charge in [0.05, 0.1) is 17.4 Å². The molecular formula is C25H26N4O2S. The van der Waals surface area contributed by atoms with E-state index in [1.54, 1.807) is 17.7 Å². The quantitative estimate of drug-likeness (QED) is 0.473. The fourth-order valence-electron chi connectivity index (χ4n) is 5.18. The SMILES string of the molecule is O=c1c2c3c(sc2ncn1C1CCCC1)CC(NCc1cc(-c2ccccc2)on1)CC3. The van der Waals surface area contributed by atoms with E-state index in [9.17, 15) is 4.79 Å². The van der Waals surface area contributed by atoms with Crippen LogP contribution in [-0.4, -0.2) is 20.7 Å². The minimum absolute atomic E-state index is 0.168. The molecule has 1 atom stereocenters. The third-order valence-corrected chi connectivity index (χ3v) is 8.06. The molecule has 1 aromatic carbocycles. The number of benzene rings is 1. The van der Waals surface area contributed by atoms with Crippen LogP contribution in [0.4, 0.5) is 0 Å². The molecule has 0 radical (unpaired) electrons. The molecule has 0 spiro atoms. The van der Waals surface area contributed by atoms with Crippen molar-refractivity contribution in [2.45, 2.75) is 63.6 Å². The van der Waals surface area contributed by atoms with Crippen molar-refractivity contribution < 1.29 is 4.52 Å². The van der Waals surface area contributed by atoms with Crippen molar-refractivity contribution in [3.63, 3.8) is 0 Å². The molecule has 2 aliphatic rings. The first-order valence-corrected chi connectivity index (χ1v) is 12.3. The van der Waals surface area contributed by atoms with Crippen LogP contribution in [0, 0.1) is 0 Å². The molecule has 1 N–H and O–H groups in total. The summed E-state index contributed by atoms with van der Waals surface area (Å²) in [5, 5.41) is 8.74. The van der Waals surface area contributed by atoms with Crippen LogP contribution in [0.15, 0.2) is 52.0 Å². The maximum Gasteiger partial charge on any atom is 0.262 e. The smallest absolute Gasteiger partial charge is 0.262 e. The van der Waals surface area contributed by atoms with Crippen molar-refractivity contribution in [2.24, 2.45) is 0 Å². The average molecular weight is 447 g/mol. The van der Waals surface area contributed by atoms with Gasteiger partial charge in [-0.3, -0.25) is 9.36 Å². The van der Waals surface area contributed by atoms with Gasteiger partial charge in [0.25, 0.3) is 5.56 Å². The minimum atomic E-state index is 0.168. The van der Waals surface area contributed by atoms with Gasteiger partial charge in [0.15, 0.2) is 5.76 Å². The lowest BCUT2D eigenvalue weighted by atomic mass is 9.93. The summed E-state index contributed by atoms with van der Waals surface area (Å²) >= 11 is 1.69. The number of aryl methyl sites for hydroxylation is 1. The lowest BCUT2D eigenvalue weighted by Crippen LogP contribution is -2.34. The van der Waals surface area contributed by atoms with Crippen molar-refractivity contribution in [1.82, 2.24) is 20.0 Å². The summed E-state index contributed by atoms with van der Waals surface area (Å²) in [6, 6.07) is 12.7. The third-order valence-electron chi connectivity index (χ3n) is 6.90. The van der Waals surface area contributed by atoms with E-state index in [0.717, 1.165) is 59.3 Å².